The molecule has 4 N–H and O–H groups in total. The molecule has 104 valence electrons. The van der Waals surface area contributed by atoms with Crippen LogP contribution in [0.3, 0.4) is 0 Å². The first-order valence-electron chi connectivity index (χ1n) is 5.46. The number of aliphatic carboxylic acids is 2. The fourth-order valence-electron chi connectivity index (χ4n) is 1.19. The number of hydrogen-bond acceptors (Lipinski definition) is 4. The molecule has 0 saturated heterocycles. The highest BCUT2D eigenvalue weighted by Gasteiger charge is 2.01. The SMILES string of the molecule is C1CCCCC1.CO.CO.O=C(O)CC(=O)O. The van der Waals surface area contributed by atoms with Gasteiger partial charge < -0.3 is 20.4 Å². The van der Waals surface area contributed by atoms with Crippen LogP contribution in [0.15, 0.2) is 0 Å². The molecule has 0 heterocycles. The molecule has 0 aromatic heterocycles. The first kappa shape index (κ1) is 21.2. The van der Waals surface area contributed by atoms with E-state index in [2.05, 4.69) is 0 Å². The summed E-state index contributed by atoms with van der Waals surface area (Å²) in [7, 11) is 2.00. The summed E-state index contributed by atoms with van der Waals surface area (Å²) in [6, 6.07) is 0. The molecule has 0 amide bonds. The van der Waals surface area contributed by atoms with Crippen LogP contribution < -0.4 is 0 Å². The summed E-state index contributed by atoms with van der Waals surface area (Å²) in [5.74, 6) is -2.62. The maximum absolute atomic E-state index is 9.43. The zero-order valence-corrected chi connectivity index (χ0v) is 10.6. The molecule has 0 unspecified atom stereocenters. The molecule has 1 fully saturated rings. The number of carboxylic acid groups (broad SMARTS) is 2. The van der Waals surface area contributed by atoms with E-state index >= 15 is 0 Å². The average Bonchev–Trinajstić information content (AvgIpc) is 2.35. The third-order valence-electron chi connectivity index (χ3n) is 1.80. The third-order valence-corrected chi connectivity index (χ3v) is 1.80. The highest BCUT2D eigenvalue weighted by molar-refractivity contribution is 5.88. The molecule has 1 aliphatic carbocycles. The van der Waals surface area contributed by atoms with E-state index in [0.29, 0.717) is 0 Å². The number of hydrogen-bond donors (Lipinski definition) is 4. The zero-order valence-electron chi connectivity index (χ0n) is 10.6. The van der Waals surface area contributed by atoms with Gasteiger partial charge in [0.2, 0.25) is 0 Å². The second-order valence-electron chi connectivity index (χ2n) is 3.09. The van der Waals surface area contributed by atoms with Gasteiger partial charge in [0, 0.05) is 14.2 Å². The van der Waals surface area contributed by atoms with Crippen LogP contribution in [0, 0.1) is 0 Å². The number of aliphatic hydroxyl groups is 2. The second kappa shape index (κ2) is 20.3. The Morgan fingerprint density at radius 3 is 0.941 bits per heavy atom. The Bertz CT molecular complexity index is 142. The predicted molar refractivity (Wildman–Crippen MR) is 63.9 cm³/mol. The van der Waals surface area contributed by atoms with E-state index < -0.39 is 18.4 Å². The summed E-state index contributed by atoms with van der Waals surface area (Å²) in [6.45, 7) is 0. The van der Waals surface area contributed by atoms with E-state index in [0.717, 1.165) is 14.2 Å². The van der Waals surface area contributed by atoms with Crippen molar-refractivity contribution in [1.82, 2.24) is 0 Å². The van der Waals surface area contributed by atoms with Gasteiger partial charge >= 0.3 is 11.9 Å². The Morgan fingerprint density at radius 2 is 0.882 bits per heavy atom. The summed E-state index contributed by atoms with van der Waals surface area (Å²) in [5, 5.41) is 29.4. The first-order valence-corrected chi connectivity index (χ1v) is 5.46. The van der Waals surface area contributed by atoms with E-state index in [9.17, 15) is 9.59 Å². The molecular formula is C11H24O6. The van der Waals surface area contributed by atoms with Crippen molar-refractivity contribution < 1.29 is 30.0 Å². The molecule has 17 heavy (non-hydrogen) atoms. The summed E-state index contributed by atoms with van der Waals surface area (Å²) in [6.07, 6.45) is 8.19. The molecule has 1 aliphatic rings. The van der Waals surface area contributed by atoms with Crippen LogP contribution in [-0.4, -0.2) is 46.6 Å². The minimum Gasteiger partial charge on any atom is -0.481 e. The second-order valence-corrected chi connectivity index (χ2v) is 3.09. The normalized spacial score (nSPS) is 12.5. The Balaban J connectivity index is -0.000000179. The number of rotatable bonds is 2. The van der Waals surface area contributed by atoms with Crippen LogP contribution in [0.25, 0.3) is 0 Å². The third kappa shape index (κ3) is 31.3. The fourth-order valence-corrected chi connectivity index (χ4v) is 1.19. The highest BCUT2D eigenvalue weighted by atomic mass is 16.4. The van der Waals surface area contributed by atoms with Crippen LogP contribution in [0.2, 0.25) is 0 Å². The lowest BCUT2D eigenvalue weighted by Gasteiger charge is -2.05. The largest absolute Gasteiger partial charge is 0.481 e. The van der Waals surface area contributed by atoms with Crippen LogP contribution >= 0.6 is 0 Å². The van der Waals surface area contributed by atoms with E-state index in [1.165, 1.54) is 38.5 Å². The van der Waals surface area contributed by atoms with Crippen molar-refractivity contribution in [3.05, 3.63) is 0 Å². The van der Waals surface area contributed by atoms with Crippen molar-refractivity contribution in [2.24, 2.45) is 0 Å². The van der Waals surface area contributed by atoms with Crippen molar-refractivity contribution in [3.63, 3.8) is 0 Å². The molecule has 1 saturated carbocycles. The van der Waals surface area contributed by atoms with E-state index in [1.54, 1.807) is 0 Å². The molecule has 0 aromatic carbocycles. The van der Waals surface area contributed by atoms with Gasteiger partial charge in [-0.15, -0.1) is 0 Å². The number of carbonyl (C=O) groups is 2. The van der Waals surface area contributed by atoms with E-state index in [4.69, 9.17) is 20.4 Å². The minimum atomic E-state index is -1.31. The highest BCUT2D eigenvalue weighted by Crippen LogP contribution is 2.15. The standard InChI is InChI=1S/C6H12.C3H4O4.2CH4O/c1-2-4-6-5-3-1;4-2(5)1-3(6)7;2*1-2/h1-6H2;1H2,(H,4,5)(H,6,7);2*2H,1H3. The van der Waals surface area contributed by atoms with Gasteiger partial charge in [0.15, 0.2) is 0 Å². The monoisotopic (exact) mass is 252 g/mol. The molecule has 0 atom stereocenters. The van der Waals surface area contributed by atoms with Gasteiger partial charge in [0.1, 0.15) is 6.42 Å². The van der Waals surface area contributed by atoms with Gasteiger partial charge in [0.05, 0.1) is 0 Å². The van der Waals surface area contributed by atoms with Crippen molar-refractivity contribution in [3.8, 4) is 0 Å². The molecule has 0 bridgehead atoms. The molecule has 0 radical (unpaired) electrons. The summed E-state index contributed by atoms with van der Waals surface area (Å²) >= 11 is 0. The molecule has 6 heteroatoms. The Morgan fingerprint density at radius 1 is 0.706 bits per heavy atom. The van der Waals surface area contributed by atoms with Gasteiger partial charge in [-0.05, 0) is 0 Å². The molecule has 6 nitrogen and oxygen atoms in total. The van der Waals surface area contributed by atoms with Crippen molar-refractivity contribution in [2.45, 2.75) is 44.9 Å². The molecule has 0 spiro atoms. The number of carboxylic acids is 2. The average molecular weight is 252 g/mol. The lowest BCUT2D eigenvalue weighted by Crippen LogP contribution is -2.03. The smallest absolute Gasteiger partial charge is 0.314 e. The van der Waals surface area contributed by atoms with Crippen molar-refractivity contribution >= 4 is 11.9 Å². The summed E-state index contributed by atoms with van der Waals surface area (Å²) < 4.78 is 0. The summed E-state index contributed by atoms with van der Waals surface area (Å²) in [4.78, 5) is 18.9. The van der Waals surface area contributed by atoms with E-state index in [-0.39, 0.29) is 0 Å². The van der Waals surface area contributed by atoms with Gasteiger partial charge in [0.25, 0.3) is 0 Å². The molecule has 0 aromatic rings. The van der Waals surface area contributed by atoms with Gasteiger partial charge in [-0.1, -0.05) is 38.5 Å². The number of aliphatic hydroxyl groups excluding tert-OH is 2. The maximum atomic E-state index is 9.43. The zero-order chi connectivity index (χ0) is 14.1. The molecular weight excluding hydrogens is 228 g/mol. The first-order chi connectivity index (χ1) is 8.13. The van der Waals surface area contributed by atoms with Crippen LogP contribution in [0.5, 0.6) is 0 Å². The van der Waals surface area contributed by atoms with Crippen LogP contribution in [0.1, 0.15) is 44.9 Å². The Hall–Kier alpha value is -1.14. The van der Waals surface area contributed by atoms with Crippen molar-refractivity contribution in [2.75, 3.05) is 14.2 Å². The van der Waals surface area contributed by atoms with Gasteiger partial charge in [-0.2, -0.15) is 0 Å². The maximum Gasteiger partial charge on any atom is 0.314 e. The minimum absolute atomic E-state index is 0.806. The van der Waals surface area contributed by atoms with Crippen molar-refractivity contribution in [1.29, 1.82) is 0 Å². The Kier molecular flexibility index (Phi) is 25.3. The molecule has 1 rings (SSSR count). The van der Waals surface area contributed by atoms with Crippen LogP contribution in [-0.2, 0) is 9.59 Å². The van der Waals surface area contributed by atoms with Crippen LogP contribution in [0.4, 0.5) is 0 Å². The fraction of sp³-hybridized carbons (Fsp3) is 0.818. The quantitative estimate of drug-likeness (QED) is 0.547. The lowest BCUT2D eigenvalue weighted by molar-refractivity contribution is -0.147. The van der Waals surface area contributed by atoms with E-state index in [1.807, 2.05) is 0 Å². The van der Waals surface area contributed by atoms with Gasteiger partial charge in [-0.25, -0.2) is 0 Å². The lowest BCUT2D eigenvalue weighted by atomic mass is 10.0. The topological polar surface area (TPSA) is 115 Å². The summed E-state index contributed by atoms with van der Waals surface area (Å²) in [5.41, 5.74) is 0. The Labute approximate surface area is 102 Å². The predicted octanol–water partition coefficient (Wildman–Crippen LogP) is 1.10. The van der Waals surface area contributed by atoms with Gasteiger partial charge in [-0.3, -0.25) is 9.59 Å². The molecule has 0 aliphatic heterocycles.